The van der Waals surface area contributed by atoms with Crippen molar-refractivity contribution in [1.82, 2.24) is 0 Å². The predicted octanol–water partition coefficient (Wildman–Crippen LogP) is 3.51. The molecule has 5 heteroatoms. The number of aryl methyl sites for hydroxylation is 1. The smallest absolute Gasteiger partial charge is 0.293 e. The first kappa shape index (κ1) is 14.5. The number of nitrogens with zero attached hydrogens (tertiary/aromatic N) is 2. The second-order valence-corrected chi connectivity index (χ2v) is 4.62. The minimum atomic E-state index is -0.472. The maximum Gasteiger partial charge on any atom is 0.293 e. The van der Waals surface area contributed by atoms with Gasteiger partial charge in [0.15, 0.2) is 0 Å². The van der Waals surface area contributed by atoms with Gasteiger partial charge in [-0.2, -0.15) is 5.26 Å². The van der Waals surface area contributed by atoms with Crippen LogP contribution in [-0.4, -0.2) is 11.5 Å². The van der Waals surface area contributed by atoms with Crippen LogP contribution in [-0.2, 0) is 6.42 Å². The van der Waals surface area contributed by atoms with E-state index in [2.05, 4.69) is 17.4 Å². The Bertz CT molecular complexity index is 663. The molecule has 0 radical (unpaired) electrons. The summed E-state index contributed by atoms with van der Waals surface area (Å²) in [6, 6.07) is 16.4. The van der Waals surface area contributed by atoms with Crippen LogP contribution in [0.1, 0.15) is 17.5 Å². The third kappa shape index (κ3) is 4.05. The molecule has 0 aromatic heterocycles. The number of benzene rings is 2. The molecule has 0 amide bonds. The van der Waals surface area contributed by atoms with Gasteiger partial charge in [0.25, 0.3) is 5.69 Å². The standard InChI is InChI=1S/C16H15N3O2/c17-12-14-8-9-15(16(11-14)19(20)21)18-10-4-7-13-5-2-1-3-6-13/h1-3,5-6,8-9,11,18H,4,7,10H2. The van der Waals surface area contributed by atoms with Gasteiger partial charge in [-0.1, -0.05) is 30.3 Å². The summed E-state index contributed by atoms with van der Waals surface area (Å²) < 4.78 is 0. The first-order valence-electron chi connectivity index (χ1n) is 6.67. The Balaban J connectivity index is 1.94. The van der Waals surface area contributed by atoms with E-state index in [0.717, 1.165) is 12.8 Å². The Morgan fingerprint density at radius 1 is 1.19 bits per heavy atom. The zero-order valence-corrected chi connectivity index (χ0v) is 11.5. The zero-order chi connectivity index (χ0) is 15.1. The van der Waals surface area contributed by atoms with Gasteiger partial charge >= 0.3 is 0 Å². The molecule has 0 heterocycles. The van der Waals surface area contributed by atoms with Gasteiger partial charge in [-0.15, -0.1) is 0 Å². The summed E-state index contributed by atoms with van der Waals surface area (Å²) in [5.41, 5.74) is 1.92. The number of nitrogens with one attached hydrogen (secondary N) is 1. The second-order valence-electron chi connectivity index (χ2n) is 4.62. The topological polar surface area (TPSA) is 79.0 Å². The van der Waals surface area contributed by atoms with Crippen LogP contribution in [0.15, 0.2) is 48.5 Å². The van der Waals surface area contributed by atoms with E-state index in [0.29, 0.717) is 12.2 Å². The van der Waals surface area contributed by atoms with Gasteiger partial charge in [-0.05, 0) is 30.5 Å². The van der Waals surface area contributed by atoms with Crippen molar-refractivity contribution in [3.05, 3.63) is 69.8 Å². The highest BCUT2D eigenvalue weighted by Crippen LogP contribution is 2.25. The summed E-state index contributed by atoms with van der Waals surface area (Å²) in [6.45, 7) is 0.641. The number of hydrogen-bond donors (Lipinski definition) is 1. The monoisotopic (exact) mass is 281 g/mol. The first-order chi connectivity index (χ1) is 10.2. The van der Waals surface area contributed by atoms with E-state index < -0.39 is 4.92 Å². The fourth-order valence-electron chi connectivity index (χ4n) is 2.06. The Morgan fingerprint density at radius 2 is 1.95 bits per heavy atom. The van der Waals surface area contributed by atoms with Gasteiger partial charge in [-0.25, -0.2) is 0 Å². The van der Waals surface area contributed by atoms with Crippen LogP contribution in [0.4, 0.5) is 11.4 Å². The normalized spacial score (nSPS) is 9.86. The molecule has 0 aliphatic rings. The van der Waals surface area contributed by atoms with Crippen molar-refractivity contribution in [2.24, 2.45) is 0 Å². The molecule has 0 atom stereocenters. The molecule has 0 aliphatic carbocycles. The number of nitro groups is 1. The van der Waals surface area contributed by atoms with Gasteiger partial charge < -0.3 is 5.32 Å². The lowest BCUT2D eigenvalue weighted by atomic mass is 10.1. The lowest BCUT2D eigenvalue weighted by Crippen LogP contribution is -2.05. The predicted molar refractivity (Wildman–Crippen MR) is 81.1 cm³/mol. The fourth-order valence-corrected chi connectivity index (χ4v) is 2.06. The maximum atomic E-state index is 11.0. The average molecular weight is 281 g/mol. The highest BCUT2D eigenvalue weighted by atomic mass is 16.6. The third-order valence-corrected chi connectivity index (χ3v) is 3.12. The summed E-state index contributed by atoms with van der Waals surface area (Å²) in [7, 11) is 0. The number of anilines is 1. The molecule has 1 N–H and O–H groups in total. The molecule has 0 saturated carbocycles. The van der Waals surface area contributed by atoms with E-state index in [1.165, 1.54) is 11.6 Å². The molecule has 5 nitrogen and oxygen atoms in total. The van der Waals surface area contributed by atoms with Gasteiger partial charge in [-0.3, -0.25) is 10.1 Å². The molecule has 0 unspecified atom stereocenters. The van der Waals surface area contributed by atoms with Crippen LogP contribution in [0.25, 0.3) is 0 Å². The molecular weight excluding hydrogens is 266 g/mol. The van der Waals surface area contributed by atoms with Crippen molar-refractivity contribution in [3.8, 4) is 6.07 Å². The van der Waals surface area contributed by atoms with Crippen LogP contribution in [0, 0.1) is 21.4 Å². The molecule has 0 fully saturated rings. The Morgan fingerprint density at radius 3 is 2.62 bits per heavy atom. The van der Waals surface area contributed by atoms with Crippen molar-refractivity contribution in [2.45, 2.75) is 12.8 Å². The van der Waals surface area contributed by atoms with Crippen LogP contribution in [0.5, 0.6) is 0 Å². The van der Waals surface area contributed by atoms with E-state index in [1.807, 2.05) is 24.3 Å². The zero-order valence-electron chi connectivity index (χ0n) is 11.5. The molecule has 106 valence electrons. The lowest BCUT2D eigenvalue weighted by Gasteiger charge is -2.07. The molecule has 2 aromatic carbocycles. The average Bonchev–Trinajstić information content (AvgIpc) is 2.52. The molecular formula is C16H15N3O2. The van der Waals surface area contributed by atoms with Crippen molar-refractivity contribution in [3.63, 3.8) is 0 Å². The van der Waals surface area contributed by atoms with Crippen molar-refractivity contribution >= 4 is 11.4 Å². The molecule has 0 saturated heterocycles. The van der Waals surface area contributed by atoms with Crippen molar-refractivity contribution in [2.75, 3.05) is 11.9 Å². The largest absolute Gasteiger partial charge is 0.379 e. The summed E-state index contributed by atoms with van der Waals surface area (Å²) in [5.74, 6) is 0. The number of nitro benzene ring substituents is 1. The number of nitriles is 1. The van der Waals surface area contributed by atoms with E-state index >= 15 is 0 Å². The highest BCUT2D eigenvalue weighted by molar-refractivity contribution is 5.64. The maximum absolute atomic E-state index is 11.0. The number of hydrogen-bond acceptors (Lipinski definition) is 4. The molecule has 0 spiro atoms. The second kappa shape index (κ2) is 7.06. The third-order valence-electron chi connectivity index (χ3n) is 3.12. The van der Waals surface area contributed by atoms with E-state index in [9.17, 15) is 10.1 Å². The highest BCUT2D eigenvalue weighted by Gasteiger charge is 2.14. The molecule has 0 bridgehead atoms. The summed E-state index contributed by atoms with van der Waals surface area (Å²) in [5, 5.41) is 22.8. The lowest BCUT2D eigenvalue weighted by molar-refractivity contribution is -0.384. The molecule has 0 aliphatic heterocycles. The summed E-state index contributed by atoms with van der Waals surface area (Å²) >= 11 is 0. The quantitative estimate of drug-likeness (QED) is 0.499. The minimum Gasteiger partial charge on any atom is -0.379 e. The number of rotatable bonds is 6. The van der Waals surface area contributed by atoms with Crippen molar-refractivity contribution < 1.29 is 4.92 Å². The van der Waals surface area contributed by atoms with E-state index in [4.69, 9.17) is 5.26 Å². The van der Waals surface area contributed by atoms with E-state index in [-0.39, 0.29) is 11.3 Å². The Kier molecular flexibility index (Phi) is 4.89. The van der Waals surface area contributed by atoms with Crippen LogP contribution < -0.4 is 5.32 Å². The minimum absolute atomic E-state index is 0.0613. The molecule has 2 rings (SSSR count). The van der Waals surface area contributed by atoms with Gasteiger partial charge in [0, 0.05) is 12.6 Å². The Hall–Kier alpha value is -2.87. The Labute approximate surface area is 123 Å². The summed E-state index contributed by atoms with van der Waals surface area (Å²) in [4.78, 5) is 10.5. The SMILES string of the molecule is N#Cc1ccc(NCCCc2ccccc2)c([N+](=O)[O-])c1. The molecule has 2 aromatic rings. The van der Waals surface area contributed by atoms with E-state index in [1.54, 1.807) is 12.1 Å². The van der Waals surface area contributed by atoms with Crippen LogP contribution in [0.2, 0.25) is 0 Å². The molecule has 21 heavy (non-hydrogen) atoms. The van der Waals surface area contributed by atoms with Gasteiger partial charge in [0.2, 0.25) is 0 Å². The summed E-state index contributed by atoms with van der Waals surface area (Å²) in [6.07, 6.45) is 1.79. The van der Waals surface area contributed by atoms with Gasteiger partial charge in [0.1, 0.15) is 5.69 Å². The van der Waals surface area contributed by atoms with Crippen LogP contribution in [0.3, 0.4) is 0 Å². The van der Waals surface area contributed by atoms with Crippen molar-refractivity contribution in [1.29, 1.82) is 5.26 Å². The van der Waals surface area contributed by atoms with Gasteiger partial charge in [0.05, 0.1) is 16.6 Å². The first-order valence-corrected chi connectivity index (χ1v) is 6.67. The van der Waals surface area contributed by atoms with Crippen LogP contribution >= 0.6 is 0 Å². The fraction of sp³-hybridized carbons (Fsp3) is 0.188.